The third-order valence-corrected chi connectivity index (χ3v) is 7.36. The maximum atomic E-state index is 15.1. The number of nitrogens with one attached hydrogen (secondary N) is 2. The van der Waals surface area contributed by atoms with E-state index in [1.54, 1.807) is 36.5 Å². The molecule has 1 unspecified atom stereocenters. The Kier molecular flexibility index (Phi) is 10.7. The Hall–Kier alpha value is -3.38. The van der Waals surface area contributed by atoms with Crippen LogP contribution in [0, 0.1) is 11.6 Å². The normalized spacial score (nSPS) is 16.5. The van der Waals surface area contributed by atoms with Gasteiger partial charge in [0.05, 0.1) is 10.7 Å². The number of alkyl halides is 1. The van der Waals surface area contributed by atoms with Crippen molar-refractivity contribution in [1.29, 1.82) is 0 Å². The van der Waals surface area contributed by atoms with Gasteiger partial charge in [0, 0.05) is 46.9 Å². The summed E-state index contributed by atoms with van der Waals surface area (Å²) in [5, 5.41) is 14.6. The molecule has 7 N–H and O–H groups in total. The molecule has 0 bridgehead atoms. The van der Waals surface area contributed by atoms with Crippen LogP contribution in [-0.4, -0.2) is 48.1 Å². The second-order valence-corrected chi connectivity index (χ2v) is 11.0. The second kappa shape index (κ2) is 14.2. The first-order valence-electron chi connectivity index (χ1n) is 13.9. The van der Waals surface area contributed by atoms with Crippen LogP contribution in [0.15, 0.2) is 46.4 Å². The number of nitrogens with zero attached hydrogens (tertiary/aromatic N) is 3. The molecule has 1 aliphatic heterocycles. The first-order chi connectivity index (χ1) is 20.1. The summed E-state index contributed by atoms with van der Waals surface area (Å²) >= 11 is 6.22. The van der Waals surface area contributed by atoms with Crippen molar-refractivity contribution in [1.82, 2.24) is 10.3 Å². The van der Waals surface area contributed by atoms with Crippen molar-refractivity contribution in [2.24, 2.45) is 21.5 Å². The number of hydrogen-bond donors (Lipinski definition) is 5. The number of rotatable bonds is 13. The minimum absolute atomic E-state index is 0.0210. The molecule has 1 aliphatic rings. The van der Waals surface area contributed by atoms with Crippen LogP contribution in [0.5, 0.6) is 0 Å². The molecule has 0 spiro atoms. The quantitative estimate of drug-likeness (QED) is 0.115. The number of aliphatic hydroxyl groups excluding tert-OH is 1. The lowest BCUT2D eigenvalue weighted by Crippen LogP contribution is -2.41. The number of aryl methyl sites for hydroxylation is 1. The molecule has 42 heavy (non-hydrogen) atoms. The Balaban J connectivity index is 1.51. The maximum absolute atomic E-state index is 15.1. The molecule has 2 aromatic carbocycles. The van der Waals surface area contributed by atoms with Gasteiger partial charge < -0.3 is 31.8 Å². The van der Waals surface area contributed by atoms with Gasteiger partial charge in [0.1, 0.15) is 23.8 Å². The van der Waals surface area contributed by atoms with Crippen LogP contribution < -0.4 is 32.4 Å². The van der Waals surface area contributed by atoms with Crippen molar-refractivity contribution in [3.8, 4) is 11.3 Å². The minimum Gasteiger partial charge on any atom is -0.385 e. The zero-order chi connectivity index (χ0) is 30.4. The molecule has 3 atom stereocenters. The monoisotopic (exact) mass is 603 g/mol. The van der Waals surface area contributed by atoms with E-state index in [2.05, 4.69) is 20.3 Å². The fourth-order valence-corrected chi connectivity index (χ4v) is 5.07. The van der Waals surface area contributed by atoms with Crippen molar-refractivity contribution in [2.45, 2.75) is 58.0 Å². The average molecular weight is 604 g/mol. The summed E-state index contributed by atoms with van der Waals surface area (Å²) < 4.78 is 42.6. The summed E-state index contributed by atoms with van der Waals surface area (Å²) in [6.45, 7) is 3.93. The number of nitrogens with two attached hydrogens (primary N) is 2. The highest BCUT2D eigenvalue weighted by Crippen LogP contribution is 2.29. The van der Waals surface area contributed by atoms with E-state index in [9.17, 15) is 9.50 Å². The number of benzene rings is 2. The molecule has 0 amide bonds. The Morgan fingerprint density at radius 3 is 2.71 bits per heavy atom. The number of H-pyrrole nitrogens is 1. The van der Waals surface area contributed by atoms with Gasteiger partial charge in [0.25, 0.3) is 0 Å². The molecule has 226 valence electrons. The number of aliphatic hydroxyl groups is 1. The van der Waals surface area contributed by atoms with Crippen LogP contribution in [-0.2, 0) is 6.42 Å². The van der Waals surface area contributed by atoms with Gasteiger partial charge in [0.2, 0.25) is 6.35 Å². The Bertz CT molecular complexity index is 1540. The number of aromatic amines is 1. The summed E-state index contributed by atoms with van der Waals surface area (Å²) in [7, 11) is 0. The van der Waals surface area contributed by atoms with Crippen molar-refractivity contribution in [3.05, 3.63) is 74.9 Å². The fourth-order valence-electron chi connectivity index (χ4n) is 4.83. The first kappa shape index (κ1) is 31.6. The summed E-state index contributed by atoms with van der Waals surface area (Å²) in [4.78, 5) is 12.7. The van der Waals surface area contributed by atoms with E-state index in [0.29, 0.717) is 59.1 Å². The van der Waals surface area contributed by atoms with Crippen LogP contribution in [0.4, 0.5) is 18.9 Å². The zero-order valence-electron chi connectivity index (χ0n) is 23.7. The molecule has 2 heterocycles. The number of hydrogen-bond acceptors (Lipinski definition) is 6. The van der Waals surface area contributed by atoms with Gasteiger partial charge in [-0.1, -0.05) is 17.7 Å². The van der Waals surface area contributed by atoms with Gasteiger partial charge in [-0.3, -0.25) is 4.99 Å². The van der Waals surface area contributed by atoms with E-state index < -0.39 is 24.7 Å². The van der Waals surface area contributed by atoms with Gasteiger partial charge >= 0.3 is 0 Å². The van der Waals surface area contributed by atoms with E-state index in [-0.39, 0.29) is 22.9 Å². The molecule has 3 aromatic rings. The molecular weight excluding hydrogens is 567 g/mol. The number of anilines is 1. The Morgan fingerprint density at radius 1 is 1.21 bits per heavy atom. The predicted octanol–water partition coefficient (Wildman–Crippen LogP) is 3.80. The fraction of sp³-hybridized carbons (Fsp3) is 0.400. The van der Waals surface area contributed by atoms with Crippen molar-refractivity contribution < 1.29 is 18.3 Å². The SMILES string of the molecule is C[C@H](N)CCCc1cc(Cl)c(F)c(-c2cc3c([nH]2)=NC(O)N(c2ccc([C@H](C)NCCCN=C(N)CF)c(F)c2)C=3)c1. The minimum atomic E-state index is -1.32. The van der Waals surface area contributed by atoms with Crippen LogP contribution in [0.1, 0.15) is 50.3 Å². The standard InChI is InChI=1S/C30H37ClF3N7O/c1-17(35)5-3-6-19-11-23(28(34)24(31)12-19)26-13-20-16-41(30(42)40-29(20)39-26)21-7-8-22(25(33)14-21)18(2)37-9-4-10-38-27(36)15-32/h7-8,11-14,16-18,30,37,42H,3-6,9-10,15,35H2,1-2H3,(H2,36,38)(H,39,40)/t17-,18-,30?/m0/s1. The number of halogens is 4. The summed E-state index contributed by atoms with van der Waals surface area (Å²) in [5.41, 5.74) is 14.1. The average Bonchev–Trinajstić information content (AvgIpc) is 3.36. The van der Waals surface area contributed by atoms with Crippen molar-refractivity contribution in [3.63, 3.8) is 0 Å². The van der Waals surface area contributed by atoms with Crippen LogP contribution >= 0.6 is 11.6 Å². The largest absolute Gasteiger partial charge is 0.385 e. The van der Waals surface area contributed by atoms with Gasteiger partial charge in [-0.05, 0) is 82.0 Å². The van der Waals surface area contributed by atoms with E-state index in [0.717, 1.165) is 18.4 Å². The molecule has 0 saturated heterocycles. The van der Waals surface area contributed by atoms with Gasteiger partial charge in [-0.15, -0.1) is 0 Å². The lowest BCUT2D eigenvalue weighted by Gasteiger charge is -2.26. The Morgan fingerprint density at radius 2 is 2.00 bits per heavy atom. The molecule has 4 rings (SSSR count). The van der Waals surface area contributed by atoms with E-state index in [1.165, 1.54) is 11.0 Å². The number of aliphatic imine (C=N–C) groups is 1. The van der Waals surface area contributed by atoms with Crippen LogP contribution in [0.2, 0.25) is 5.02 Å². The molecule has 0 aliphatic carbocycles. The van der Waals surface area contributed by atoms with Crippen molar-refractivity contribution in [2.75, 3.05) is 24.7 Å². The van der Waals surface area contributed by atoms with E-state index in [4.69, 9.17) is 23.1 Å². The Labute approximate surface area is 248 Å². The van der Waals surface area contributed by atoms with Gasteiger partial charge in [-0.25, -0.2) is 18.2 Å². The number of aromatic nitrogens is 1. The van der Waals surface area contributed by atoms with Crippen molar-refractivity contribution >= 4 is 29.3 Å². The first-order valence-corrected chi connectivity index (χ1v) is 14.3. The summed E-state index contributed by atoms with van der Waals surface area (Å²) in [5.74, 6) is -1.04. The second-order valence-electron chi connectivity index (χ2n) is 10.5. The third-order valence-electron chi connectivity index (χ3n) is 7.09. The highest BCUT2D eigenvalue weighted by molar-refractivity contribution is 6.31. The lowest BCUT2D eigenvalue weighted by molar-refractivity contribution is 0.186. The molecule has 8 nitrogen and oxygen atoms in total. The highest BCUT2D eigenvalue weighted by Gasteiger charge is 2.21. The van der Waals surface area contributed by atoms with Gasteiger partial charge in [-0.2, -0.15) is 0 Å². The third kappa shape index (κ3) is 7.71. The van der Waals surface area contributed by atoms with E-state index >= 15 is 8.78 Å². The molecule has 12 heteroatoms. The molecule has 0 saturated carbocycles. The van der Waals surface area contributed by atoms with E-state index in [1.807, 2.05) is 13.8 Å². The van der Waals surface area contributed by atoms with Gasteiger partial charge in [0.15, 0.2) is 5.82 Å². The molecular formula is C30H37ClF3N7O. The molecule has 1 aromatic heterocycles. The maximum Gasteiger partial charge on any atom is 0.231 e. The zero-order valence-corrected chi connectivity index (χ0v) is 24.4. The highest BCUT2D eigenvalue weighted by atomic mass is 35.5. The number of amidine groups is 1. The predicted molar refractivity (Wildman–Crippen MR) is 161 cm³/mol. The number of fused-ring (bicyclic) bond motifs is 1. The topological polar surface area (TPSA) is 128 Å². The van der Waals surface area contributed by atoms with Crippen LogP contribution in [0.3, 0.4) is 0 Å². The molecule has 0 fully saturated rings. The smallest absolute Gasteiger partial charge is 0.231 e. The molecule has 0 radical (unpaired) electrons. The summed E-state index contributed by atoms with van der Waals surface area (Å²) in [6.07, 6.45) is 3.33. The summed E-state index contributed by atoms with van der Waals surface area (Å²) in [6, 6.07) is 9.56. The lowest BCUT2D eigenvalue weighted by atomic mass is 10.0. The van der Waals surface area contributed by atoms with Crippen LogP contribution in [0.25, 0.3) is 17.5 Å².